The fraction of sp³-hybridized carbons (Fsp3) is 0.105. The number of nitrogens with zero attached hydrogens (tertiary/aromatic N) is 3. The number of nitro benzene ring substituents is 1. The van der Waals surface area contributed by atoms with E-state index in [1.807, 2.05) is 35.3 Å². The van der Waals surface area contributed by atoms with E-state index in [0.717, 1.165) is 21.3 Å². The zero-order chi connectivity index (χ0) is 19.0. The van der Waals surface area contributed by atoms with Crippen LogP contribution in [0.4, 0.5) is 11.4 Å². The molecule has 0 amide bonds. The van der Waals surface area contributed by atoms with Crippen molar-refractivity contribution < 1.29 is 4.92 Å². The fourth-order valence-corrected chi connectivity index (χ4v) is 6.27. The molecule has 0 N–H and O–H groups in total. The summed E-state index contributed by atoms with van der Waals surface area (Å²) in [6, 6.07) is 16.6. The van der Waals surface area contributed by atoms with Crippen molar-refractivity contribution in [3.8, 4) is 0 Å². The molecular weight excluding hydrogens is 398 g/mol. The molecule has 2 aromatic rings. The topological polar surface area (TPSA) is 58.7 Å². The third-order valence-electron chi connectivity index (χ3n) is 4.06. The van der Waals surface area contributed by atoms with Gasteiger partial charge in [-0.05, 0) is 47.6 Å². The van der Waals surface area contributed by atoms with Crippen molar-refractivity contribution in [3.63, 3.8) is 0 Å². The maximum Gasteiger partial charge on any atom is 0.269 e. The predicted molar refractivity (Wildman–Crippen MR) is 117 cm³/mol. The number of nitro groups is 1. The molecule has 2 heterocycles. The molecule has 0 radical (unpaired) electrons. The molecular formula is C19H15N3O2S3. The highest BCUT2D eigenvalue weighted by atomic mass is 32.2. The molecule has 2 aliphatic heterocycles. The number of allylic oxidation sites excluding steroid dienone is 2. The third kappa shape index (κ3) is 3.65. The van der Waals surface area contributed by atoms with Crippen LogP contribution in [-0.2, 0) is 0 Å². The fourth-order valence-electron chi connectivity index (χ4n) is 2.54. The molecule has 2 aliphatic rings. The van der Waals surface area contributed by atoms with Crippen LogP contribution in [0.2, 0.25) is 0 Å². The summed E-state index contributed by atoms with van der Waals surface area (Å²) < 4.78 is 1.18. The smallest absolute Gasteiger partial charge is 0.258 e. The third-order valence-corrected chi connectivity index (χ3v) is 8.02. The highest BCUT2D eigenvalue weighted by Gasteiger charge is 2.30. The van der Waals surface area contributed by atoms with Crippen molar-refractivity contribution in [2.24, 2.45) is 5.10 Å². The SMILES string of the molecule is CC1=C(C)SC(=C2SC(c3ccccc3)=NN2c2ccc([N+](=O)[O-])cc2)S1. The molecule has 0 unspecified atom stereocenters. The second-order valence-electron chi connectivity index (χ2n) is 5.87. The van der Waals surface area contributed by atoms with E-state index in [9.17, 15) is 10.1 Å². The number of benzene rings is 2. The number of hydrogen-bond acceptors (Lipinski definition) is 7. The van der Waals surface area contributed by atoms with Crippen molar-refractivity contribution in [2.45, 2.75) is 13.8 Å². The Morgan fingerprint density at radius 2 is 1.56 bits per heavy atom. The van der Waals surface area contributed by atoms with Crippen LogP contribution < -0.4 is 5.01 Å². The zero-order valence-electron chi connectivity index (χ0n) is 14.6. The summed E-state index contributed by atoms with van der Waals surface area (Å²) in [6.45, 7) is 4.24. The Kier molecular flexibility index (Phi) is 5.03. The van der Waals surface area contributed by atoms with Gasteiger partial charge >= 0.3 is 0 Å². The van der Waals surface area contributed by atoms with Crippen LogP contribution in [0, 0.1) is 10.1 Å². The highest BCUT2D eigenvalue weighted by molar-refractivity contribution is 8.30. The van der Waals surface area contributed by atoms with Gasteiger partial charge in [0.15, 0.2) is 0 Å². The molecule has 0 saturated carbocycles. The normalized spacial score (nSPS) is 17.0. The van der Waals surface area contributed by atoms with Gasteiger partial charge in [0.2, 0.25) is 0 Å². The molecule has 136 valence electrons. The van der Waals surface area contributed by atoms with E-state index in [-0.39, 0.29) is 10.6 Å². The molecule has 0 fully saturated rings. The predicted octanol–water partition coefficient (Wildman–Crippen LogP) is 6.37. The Balaban J connectivity index is 1.75. The highest BCUT2D eigenvalue weighted by Crippen LogP contribution is 2.54. The molecule has 0 atom stereocenters. The number of hydrazone groups is 1. The molecule has 8 heteroatoms. The van der Waals surface area contributed by atoms with Gasteiger partial charge in [-0.25, -0.2) is 5.01 Å². The van der Waals surface area contributed by atoms with Crippen LogP contribution in [-0.4, -0.2) is 9.97 Å². The molecule has 4 rings (SSSR count). The second-order valence-corrected chi connectivity index (χ2v) is 9.55. The van der Waals surface area contributed by atoms with Crippen molar-refractivity contribution in [2.75, 3.05) is 5.01 Å². The summed E-state index contributed by atoms with van der Waals surface area (Å²) in [7, 11) is 0. The molecule has 27 heavy (non-hydrogen) atoms. The monoisotopic (exact) mass is 413 g/mol. The minimum atomic E-state index is -0.389. The maximum atomic E-state index is 11.0. The summed E-state index contributed by atoms with van der Waals surface area (Å²) in [4.78, 5) is 13.1. The lowest BCUT2D eigenvalue weighted by atomic mass is 10.2. The van der Waals surface area contributed by atoms with E-state index < -0.39 is 0 Å². The summed E-state index contributed by atoms with van der Waals surface area (Å²) in [5.74, 6) is 0. The van der Waals surface area contributed by atoms with Crippen LogP contribution in [0.25, 0.3) is 0 Å². The molecule has 0 aliphatic carbocycles. The average Bonchev–Trinajstić information content (AvgIpc) is 3.26. The lowest BCUT2D eigenvalue weighted by molar-refractivity contribution is -0.384. The van der Waals surface area contributed by atoms with Gasteiger partial charge in [-0.2, -0.15) is 5.10 Å². The van der Waals surface area contributed by atoms with Gasteiger partial charge in [-0.15, -0.1) is 0 Å². The Morgan fingerprint density at radius 3 is 2.15 bits per heavy atom. The first kappa shape index (κ1) is 18.2. The van der Waals surface area contributed by atoms with Crippen LogP contribution in [0.15, 0.2) is 78.8 Å². The standard InChI is InChI=1S/C19H15N3O2S3/c1-12-13(2)26-19(25-12)18-21(15-8-10-16(11-9-15)22(23)24)20-17(27-18)14-6-4-3-5-7-14/h3-11H,1-2H3. The van der Waals surface area contributed by atoms with Crippen molar-refractivity contribution >= 4 is 51.7 Å². The lowest BCUT2D eigenvalue weighted by Gasteiger charge is -2.16. The number of rotatable bonds is 3. The lowest BCUT2D eigenvalue weighted by Crippen LogP contribution is -2.10. The summed E-state index contributed by atoms with van der Waals surface area (Å²) in [5, 5.41) is 19.6. The van der Waals surface area contributed by atoms with Gasteiger partial charge in [-0.3, -0.25) is 10.1 Å². The van der Waals surface area contributed by atoms with Gasteiger partial charge in [0, 0.05) is 17.7 Å². The minimum Gasteiger partial charge on any atom is -0.258 e. The Hall–Kier alpha value is -2.16. The van der Waals surface area contributed by atoms with E-state index in [2.05, 4.69) is 13.8 Å². The van der Waals surface area contributed by atoms with Gasteiger partial charge < -0.3 is 0 Å². The Morgan fingerprint density at radius 1 is 0.926 bits per heavy atom. The van der Waals surface area contributed by atoms with Gasteiger partial charge in [0.25, 0.3) is 5.69 Å². The van der Waals surface area contributed by atoms with Gasteiger partial charge in [0.05, 0.1) is 14.8 Å². The van der Waals surface area contributed by atoms with E-state index in [4.69, 9.17) is 5.10 Å². The summed E-state index contributed by atoms with van der Waals surface area (Å²) in [6.07, 6.45) is 0. The zero-order valence-corrected chi connectivity index (χ0v) is 17.0. The van der Waals surface area contributed by atoms with E-state index in [1.165, 1.54) is 26.2 Å². The molecule has 0 saturated heterocycles. The molecule has 0 aromatic heterocycles. The first-order chi connectivity index (χ1) is 13.0. The van der Waals surface area contributed by atoms with E-state index in [0.29, 0.717) is 0 Å². The van der Waals surface area contributed by atoms with Crippen LogP contribution >= 0.6 is 35.3 Å². The quantitative estimate of drug-likeness (QED) is 0.430. The van der Waals surface area contributed by atoms with Crippen molar-refractivity contribution in [3.05, 3.63) is 89.4 Å². The number of thioether (sulfide) groups is 3. The van der Waals surface area contributed by atoms with Crippen molar-refractivity contribution in [1.29, 1.82) is 0 Å². The Labute approximate surface area is 169 Å². The van der Waals surface area contributed by atoms with Gasteiger partial charge in [-0.1, -0.05) is 53.9 Å². The molecule has 2 aromatic carbocycles. The maximum absolute atomic E-state index is 11.0. The summed E-state index contributed by atoms with van der Waals surface area (Å²) in [5.41, 5.74) is 1.94. The number of non-ortho nitro benzene ring substituents is 1. The van der Waals surface area contributed by atoms with E-state index >= 15 is 0 Å². The first-order valence-electron chi connectivity index (χ1n) is 8.17. The number of hydrogen-bond donors (Lipinski definition) is 0. The minimum absolute atomic E-state index is 0.0741. The van der Waals surface area contributed by atoms with Crippen molar-refractivity contribution in [1.82, 2.24) is 0 Å². The first-order valence-corrected chi connectivity index (χ1v) is 10.6. The number of anilines is 1. The van der Waals surface area contributed by atoms with Crippen LogP contribution in [0.3, 0.4) is 0 Å². The Bertz CT molecular complexity index is 983. The largest absolute Gasteiger partial charge is 0.269 e. The van der Waals surface area contributed by atoms with Gasteiger partial charge in [0.1, 0.15) is 10.1 Å². The molecule has 0 bridgehead atoms. The van der Waals surface area contributed by atoms with Crippen LogP contribution in [0.1, 0.15) is 19.4 Å². The average molecular weight is 414 g/mol. The van der Waals surface area contributed by atoms with Crippen LogP contribution in [0.5, 0.6) is 0 Å². The second kappa shape index (κ2) is 7.46. The molecule has 5 nitrogen and oxygen atoms in total. The van der Waals surface area contributed by atoms with E-state index in [1.54, 1.807) is 47.4 Å². The summed E-state index contributed by atoms with van der Waals surface area (Å²) >= 11 is 5.14. The molecule has 0 spiro atoms.